The van der Waals surface area contributed by atoms with Gasteiger partial charge in [-0.05, 0) is 24.8 Å². The molecular formula is C22H34O3. The number of ether oxygens (including phenoxy) is 2. The van der Waals surface area contributed by atoms with Crippen molar-refractivity contribution in [1.82, 2.24) is 0 Å². The Hall–Kier alpha value is -1.61. The first-order valence-electron chi connectivity index (χ1n) is 9.62. The van der Waals surface area contributed by atoms with Crippen LogP contribution >= 0.6 is 0 Å². The predicted molar refractivity (Wildman–Crippen MR) is 103 cm³/mol. The van der Waals surface area contributed by atoms with Gasteiger partial charge in [0.1, 0.15) is 6.10 Å². The van der Waals surface area contributed by atoms with E-state index in [4.69, 9.17) is 9.47 Å². The van der Waals surface area contributed by atoms with Crippen LogP contribution in [-0.2, 0) is 20.9 Å². The van der Waals surface area contributed by atoms with Crippen molar-refractivity contribution in [2.75, 3.05) is 6.61 Å². The first-order valence-corrected chi connectivity index (χ1v) is 9.62. The second kappa shape index (κ2) is 14.7. The van der Waals surface area contributed by atoms with Gasteiger partial charge in [-0.25, -0.2) is 0 Å². The van der Waals surface area contributed by atoms with Crippen molar-refractivity contribution in [2.45, 2.75) is 77.4 Å². The zero-order chi connectivity index (χ0) is 18.2. The molecule has 0 heterocycles. The summed E-state index contributed by atoms with van der Waals surface area (Å²) in [4.78, 5) is 11.0. The Labute approximate surface area is 153 Å². The third-order valence-electron chi connectivity index (χ3n) is 4.19. The summed E-state index contributed by atoms with van der Waals surface area (Å²) in [5.41, 5.74) is 1.24. The van der Waals surface area contributed by atoms with Crippen LogP contribution < -0.4 is 0 Å². The second-order valence-corrected chi connectivity index (χ2v) is 6.56. The maximum Gasteiger partial charge on any atom is 0.302 e. The van der Waals surface area contributed by atoms with Crippen LogP contribution in [0.2, 0.25) is 0 Å². The summed E-state index contributed by atoms with van der Waals surface area (Å²) in [6.07, 6.45) is 12.0. The van der Waals surface area contributed by atoms with Crippen LogP contribution in [0.25, 0.3) is 0 Å². The van der Waals surface area contributed by atoms with Gasteiger partial charge in [0.2, 0.25) is 0 Å². The van der Waals surface area contributed by atoms with E-state index in [0.717, 1.165) is 38.9 Å². The molecule has 0 radical (unpaired) electrons. The molecule has 0 aliphatic carbocycles. The van der Waals surface area contributed by atoms with Crippen LogP contribution in [0, 0.1) is 0 Å². The molecule has 0 bridgehead atoms. The average molecular weight is 347 g/mol. The first-order chi connectivity index (χ1) is 12.2. The Morgan fingerprint density at radius 1 is 1.04 bits per heavy atom. The number of benzene rings is 1. The largest absolute Gasteiger partial charge is 0.462 e. The van der Waals surface area contributed by atoms with Gasteiger partial charge in [0.15, 0.2) is 0 Å². The molecule has 1 aromatic carbocycles. The Balaban J connectivity index is 1.88. The van der Waals surface area contributed by atoms with Crippen molar-refractivity contribution in [2.24, 2.45) is 0 Å². The van der Waals surface area contributed by atoms with Crippen molar-refractivity contribution in [3.05, 3.63) is 48.6 Å². The van der Waals surface area contributed by atoms with Crippen molar-refractivity contribution < 1.29 is 14.3 Å². The minimum absolute atomic E-state index is 0.0109. The highest BCUT2D eigenvalue weighted by Gasteiger charge is 2.09. The maximum absolute atomic E-state index is 11.0. The van der Waals surface area contributed by atoms with E-state index in [1.807, 2.05) is 24.3 Å². The minimum atomic E-state index is -0.193. The van der Waals surface area contributed by atoms with Crippen molar-refractivity contribution in [1.29, 1.82) is 0 Å². The van der Waals surface area contributed by atoms with Gasteiger partial charge in [-0.1, -0.05) is 68.5 Å². The highest BCUT2D eigenvalue weighted by Crippen LogP contribution is 2.14. The molecule has 0 amide bonds. The van der Waals surface area contributed by atoms with Crippen LogP contribution in [0.15, 0.2) is 43.0 Å². The van der Waals surface area contributed by atoms with Gasteiger partial charge in [0.05, 0.1) is 6.61 Å². The summed E-state index contributed by atoms with van der Waals surface area (Å²) in [5.74, 6) is -0.193. The number of carbonyl (C=O) groups is 1. The Morgan fingerprint density at radius 3 is 2.32 bits per heavy atom. The van der Waals surface area contributed by atoms with Gasteiger partial charge < -0.3 is 9.47 Å². The molecule has 25 heavy (non-hydrogen) atoms. The fourth-order valence-corrected chi connectivity index (χ4v) is 2.87. The molecule has 0 fully saturated rings. The fourth-order valence-electron chi connectivity index (χ4n) is 2.87. The molecule has 0 saturated heterocycles. The zero-order valence-electron chi connectivity index (χ0n) is 15.8. The van der Waals surface area contributed by atoms with Gasteiger partial charge in [-0.15, -0.1) is 6.58 Å². The van der Waals surface area contributed by atoms with Gasteiger partial charge >= 0.3 is 5.97 Å². The molecule has 0 aliphatic heterocycles. The first kappa shape index (κ1) is 21.4. The molecule has 3 nitrogen and oxygen atoms in total. The topological polar surface area (TPSA) is 35.5 Å². The SMILES string of the molecule is C=CCC(CCCCCCCCCOCc1ccccc1)OC(C)=O. The van der Waals surface area contributed by atoms with E-state index in [9.17, 15) is 4.79 Å². The molecule has 0 N–H and O–H groups in total. The van der Waals surface area contributed by atoms with E-state index >= 15 is 0 Å². The van der Waals surface area contributed by atoms with Crippen molar-refractivity contribution in [3.63, 3.8) is 0 Å². The van der Waals surface area contributed by atoms with Crippen LogP contribution in [0.1, 0.15) is 70.3 Å². The standard InChI is InChI=1S/C22H34O3/c1-3-14-22(25-20(2)23)17-12-7-5-4-6-8-13-18-24-19-21-15-10-9-11-16-21/h3,9-11,15-16,22H,1,4-8,12-14,17-19H2,2H3. The molecule has 0 aliphatic rings. The van der Waals surface area contributed by atoms with Crippen LogP contribution in [0.5, 0.6) is 0 Å². The lowest BCUT2D eigenvalue weighted by Gasteiger charge is -2.14. The smallest absolute Gasteiger partial charge is 0.302 e. The van der Waals surface area contributed by atoms with Gasteiger partial charge in [-0.2, -0.15) is 0 Å². The van der Waals surface area contributed by atoms with Crippen molar-refractivity contribution in [3.8, 4) is 0 Å². The molecule has 1 aromatic rings. The molecule has 0 aromatic heterocycles. The summed E-state index contributed by atoms with van der Waals surface area (Å²) in [6.45, 7) is 6.76. The van der Waals surface area contributed by atoms with E-state index in [2.05, 4.69) is 18.7 Å². The van der Waals surface area contributed by atoms with E-state index in [1.165, 1.54) is 44.6 Å². The summed E-state index contributed by atoms with van der Waals surface area (Å²) in [7, 11) is 0. The van der Waals surface area contributed by atoms with Crippen LogP contribution in [-0.4, -0.2) is 18.7 Å². The van der Waals surface area contributed by atoms with Gasteiger partial charge in [-0.3, -0.25) is 4.79 Å². The molecule has 1 atom stereocenters. The maximum atomic E-state index is 11.0. The van der Waals surface area contributed by atoms with Crippen LogP contribution in [0.3, 0.4) is 0 Å². The lowest BCUT2D eigenvalue weighted by Crippen LogP contribution is -2.15. The Kier molecular flexibility index (Phi) is 12.6. The van der Waals surface area contributed by atoms with Crippen LogP contribution in [0.4, 0.5) is 0 Å². The van der Waals surface area contributed by atoms with Gasteiger partial charge in [0.25, 0.3) is 0 Å². The second-order valence-electron chi connectivity index (χ2n) is 6.56. The summed E-state index contributed by atoms with van der Waals surface area (Å²) in [5, 5.41) is 0. The molecule has 140 valence electrons. The number of unbranched alkanes of at least 4 members (excludes halogenated alkanes) is 6. The highest BCUT2D eigenvalue weighted by molar-refractivity contribution is 5.66. The van der Waals surface area contributed by atoms with Gasteiger partial charge in [0, 0.05) is 20.0 Å². The molecular weight excluding hydrogens is 312 g/mol. The fraction of sp³-hybridized carbons (Fsp3) is 0.591. The zero-order valence-corrected chi connectivity index (χ0v) is 15.8. The minimum Gasteiger partial charge on any atom is -0.462 e. The van der Waals surface area contributed by atoms with Crippen molar-refractivity contribution >= 4 is 5.97 Å². The van der Waals surface area contributed by atoms with E-state index in [1.54, 1.807) is 0 Å². The summed E-state index contributed by atoms with van der Waals surface area (Å²) < 4.78 is 11.0. The normalized spacial score (nSPS) is 11.9. The Morgan fingerprint density at radius 2 is 1.68 bits per heavy atom. The number of carbonyl (C=O) groups excluding carboxylic acids is 1. The molecule has 1 unspecified atom stereocenters. The van der Waals surface area contributed by atoms with E-state index < -0.39 is 0 Å². The molecule has 0 spiro atoms. The number of hydrogen-bond acceptors (Lipinski definition) is 3. The Bertz CT molecular complexity index is 456. The van der Waals surface area contributed by atoms with E-state index in [-0.39, 0.29) is 12.1 Å². The van der Waals surface area contributed by atoms with E-state index in [0.29, 0.717) is 0 Å². The molecule has 3 heteroatoms. The number of esters is 1. The highest BCUT2D eigenvalue weighted by atomic mass is 16.5. The number of hydrogen-bond donors (Lipinski definition) is 0. The summed E-state index contributed by atoms with van der Waals surface area (Å²) >= 11 is 0. The third-order valence-corrected chi connectivity index (χ3v) is 4.19. The number of rotatable bonds is 15. The molecule has 0 saturated carbocycles. The summed E-state index contributed by atoms with van der Waals surface area (Å²) in [6, 6.07) is 10.3. The third kappa shape index (κ3) is 12.4. The lowest BCUT2D eigenvalue weighted by atomic mass is 10.0. The monoisotopic (exact) mass is 346 g/mol. The lowest BCUT2D eigenvalue weighted by molar-refractivity contribution is -0.146. The average Bonchev–Trinajstić information content (AvgIpc) is 2.60. The molecule has 1 rings (SSSR count). The predicted octanol–water partition coefficient (Wildman–Crippen LogP) is 5.83. The quantitative estimate of drug-likeness (QED) is 0.228.